The summed E-state index contributed by atoms with van der Waals surface area (Å²) in [7, 11) is 0. The number of hydrogen-bond acceptors (Lipinski definition) is 3. The molecular weight excluding hydrogens is 323 g/mol. The molecule has 2 saturated heterocycles. The summed E-state index contributed by atoms with van der Waals surface area (Å²) < 4.78 is 19.8. The van der Waals surface area contributed by atoms with Gasteiger partial charge >= 0.3 is 0 Å². The van der Waals surface area contributed by atoms with Crippen molar-refractivity contribution in [2.45, 2.75) is 39.2 Å². The number of nitrogens with zero attached hydrogens (tertiary/aromatic N) is 2. The standard InChI is InChI=1S/C19H25FN2O3/c1-3-25-15-5-4-8-21(12-15)19(24)14-10-18(23)22(11-14)17-7-6-13(2)9-16(17)20/h6-7,9,14-15H,3-5,8,10-12H2,1-2H3. The van der Waals surface area contributed by atoms with E-state index in [2.05, 4.69) is 0 Å². The van der Waals surface area contributed by atoms with Crippen LogP contribution in [0.2, 0.25) is 0 Å². The van der Waals surface area contributed by atoms with E-state index < -0.39 is 11.7 Å². The van der Waals surface area contributed by atoms with Crippen LogP contribution in [0.3, 0.4) is 0 Å². The number of aryl methyl sites for hydroxylation is 1. The number of amides is 2. The topological polar surface area (TPSA) is 49.9 Å². The fourth-order valence-electron chi connectivity index (χ4n) is 3.70. The van der Waals surface area contributed by atoms with Crippen LogP contribution in [0.15, 0.2) is 18.2 Å². The normalized spacial score (nSPS) is 24.0. The van der Waals surface area contributed by atoms with Crippen molar-refractivity contribution in [1.82, 2.24) is 4.90 Å². The van der Waals surface area contributed by atoms with E-state index in [0.29, 0.717) is 19.7 Å². The number of carbonyl (C=O) groups is 2. The molecule has 2 aliphatic heterocycles. The molecule has 2 heterocycles. The Kier molecular flexibility index (Phi) is 5.37. The van der Waals surface area contributed by atoms with Crippen LogP contribution in [0.25, 0.3) is 0 Å². The summed E-state index contributed by atoms with van der Waals surface area (Å²) in [4.78, 5) is 28.4. The number of ether oxygens (including phenoxy) is 1. The first-order chi connectivity index (χ1) is 12.0. The minimum absolute atomic E-state index is 0.0206. The third-order valence-electron chi connectivity index (χ3n) is 4.96. The van der Waals surface area contributed by atoms with Crippen LogP contribution in [-0.2, 0) is 14.3 Å². The van der Waals surface area contributed by atoms with Crippen LogP contribution < -0.4 is 4.90 Å². The van der Waals surface area contributed by atoms with Gasteiger partial charge in [-0.1, -0.05) is 6.07 Å². The van der Waals surface area contributed by atoms with E-state index in [1.54, 1.807) is 24.0 Å². The predicted molar refractivity (Wildman–Crippen MR) is 92.8 cm³/mol. The zero-order chi connectivity index (χ0) is 18.0. The maximum atomic E-state index is 14.2. The third kappa shape index (κ3) is 3.84. The van der Waals surface area contributed by atoms with Crippen molar-refractivity contribution < 1.29 is 18.7 Å². The molecule has 2 amide bonds. The molecule has 2 unspecified atom stereocenters. The molecule has 0 radical (unpaired) electrons. The Morgan fingerprint density at radius 2 is 2.16 bits per heavy atom. The van der Waals surface area contributed by atoms with Gasteiger partial charge < -0.3 is 14.5 Å². The average molecular weight is 348 g/mol. The summed E-state index contributed by atoms with van der Waals surface area (Å²) in [6.07, 6.45) is 2.09. The molecule has 0 aliphatic carbocycles. The van der Waals surface area contributed by atoms with Gasteiger partial charge in [0.1, 0.15) is 5.82 Å². The Morgan fingerprint density at radius 1 is 1.36 bits per heavy atom. The van der Waals surface area contributed by atoms with Crippen molar-refractivity contribution in [3.05, 3.63) is 29.6 Å². The monoisotopic (exact) mass is 348 g/mol. The van der Waals surface area contributed by atoms with E-state index in [-0.39, 0.29) is 36.6 Å². The molecule has 2 aliphatic rings. The Balaban J connectivity index is 1.68. The highest BCUT2D eigenvalue weighted by Crippen LogP contribution is 2.29. The lowest BCUT2D eigenvalue weighted by molar-refractivity contribution is -0.139. The van der Waals surface area contributed by atoms with Crippen molar-refractivity contribution in [1.29, 1.82) is 0 Å². The third-order valence-corrected chi connectivity index (χ3v) is 4.96. The highest BCUT2D eigenvalue weighted by atomic mass is 19.1. The highest BCUT2D eigenvalue weighted by molar-refractivity contribution is 6.00. The maximum absolute atomic E-state index is 14.2. The molecule has 0 saturated carbocycles. The van der Waals surface area contributed by atoms with Crippen LogP contribution in [0.4, 0.5) is 10.1 Å². The number of hydrogen-bond donors (Lipinski definition) is 0. The first-order valence-corrected chi connectivity index (χ1v) is 8.96. The van der Waals surface area contributed by atoms with Crippen molar-refractivity contribution in [3.8, 4) is 0 Å². The molecule has 0 bridgehead atoms. The number of piperidine rings is 1. The summed E-state index contributed by atoms with van der Waals surface area (Å²) in [5.74, 6) is -1.04. The van der Waals surface area contributed by atoms with Crippen LogP contribution in [0.5, 0.6) is 0 Å². The predicted octanol–water partition coefficient (Wildman–Crippen LogP) is 2.51. The van der Waals surface area contributed by atoms with Gasteiger partial charge in [0.15, 0.2) is 0 Å². The Labute approximate surface area is 147 Å². The lowest BCUT2D eigenvalue weighted by atomic mass is 10.0. The van der Waals surface area contributed by atoms with Gasteiger partial charge in [0.05, 0.1) is 17.7 Å². The van der Waals surface area contributed by atoms with Gasteiger partial charge in [0.2, 0.25) is 11.8 Å². The van der Waals surface area contributed by atoms with Gasteiger partial charge in [-0.2, -0.15) is 0 Å². The second-order valence-corrected chi connectivity index (χ2v) is 6.86. The van der Waals surface area contributed by atoms with Gasteiger partial charge in [-0.3, -0.25) is 9.59 Å². The van der Waals surface area contributed by atoms with E-state index >= 15 is 0 Å². The fourth-order valence-corrected chi connectivity index (χ4v) is 3.70. The van der Waals surface area contributed by atoms with E-state index in [9.17, 15) is 14.0 Å². The van der Waals surface area contributed by atoms with Crippen molar-refractivity contribution in [3.63, 3.8) is 0 Å². The van der Waals surface area contributed by atoms with Gasteiger partial charge in [0.25, 0.3) is 0 Å². The number of likely N-dealkylation sites (tertiary alicyclic amines) is 1. The SMILES string of the molecule is CCOC1CCCN(C(=O)C2CC(=O)N(c3ccc(C)cc3F)C2)C1. The molecule has 0 N–H and O–H groups in total. The van der Waals surface area contributed by atoms with E-state index in [1.807, 2.05) is 6.92 Å². The van der Waals surface area contributed by atoms with E-state index in [1.165, 1.54) is 11.0 Å². The van der Waals surface area contributed by atoms with Crippen molar-refractivity contribution in [2.24, 2.45) is 5.92 Å². The molecule has 5 nitrogen and oxygen atoms in total. The van der Waals surface area contributed by atoms with E-state index in [4.69, 9.17) is 4.74 Å². The fraction of sp³-hybridized carbons (Fsp3) is 0.579. The van der Waals surface area contributed by atoms with Gasteiger partial charge in [-0.15, -0.1) is 0 Å². The molecule has 25 heavy (non-hydrogen) atoms. The second-order valence-electron chi connectivity index (χ2n) is 6.86. The lowest BCUT2D eigenvalue weighted by Crippen LogP contribution is -2.46. The van der Waals surface area contributed by atoms with Crippen LogP contribution >= 0.6 is 0 Å². The Bertz CT molecular complexity index is 662. The first-order valence-electron chi connectivity index (χ1n) is 8.96. The molecule has 1 aromatic carbocycles. The lowest BCUT2D eigenvalue weighted by Gasteiger charge is -2.34. The minimum atomic E-state index is -0.421. The molecule has 6 heteroatoms. The van der Waals surface area contributed by atoms with Crippen LogP contribution in [-0.4, -0.2) is 49.1 Å². The van der Waals surface area contributed by atoms with Crippen LogP contribution in [0.1, 0.15) is 31.7 Å². The summed E-state index contributed by atoms with van der Waals surface area (Å²) in [6, 6.07) is 4.80. The quantitative estimate of drug-likeness (QED) is 0.840. The molecule has 0 aromatic heterocycles. The van der Waals surface area contributed by atoms with Crippen molar-refractivity contribution >= 4 is 17.5 Å². The van der Waals surface area contributed by atoms with Crippen LogP contribution in [0, 0.1) is 18.7 Å². The smallest absolute Gasteiger partial charge is 0.228 e. The summed E-state index contributed by atoms with van der Waals surface area (Å²) in [5.41, 5.74) is 1.06. The Hall–Kier alpha value is -1.95. The molecule has 1 aromatic rings. The first kappa shape index (κ1) is 17.9. The molecule has 2 fully saturated rings. The average Bonchev–Trinajstić information content (AvgIpc) is 2.96. The van der Waals surface area contributed by atoms with E-state index in [0.717, 1.165) is 18.4 Å². The minimum Gasteiger partial charge on any atom is -0.377 e. The van der Waals surface area contributed by atoms with Gasteiger partial charge in [-0.25, -0.2) is 4.39 Å². The largest absolute Gasteiger partial charge is 0.377 e. The maximum Gasteiger partial charge on any atom is 0.228 e. The molecule has 2 atom stereocenters. The number of anilines is 1. The molecule has 3 rings (SSSR count). The highest BCUT2D eigenvalue weighted by Gasteiger charge is 2.39. The molecule has 0 spiro atoms. The zero-order valence-corrected chi connectivity index (χ0v) is 14.8. The summed E-state index contributed by atoms with van der Waals surface area (Å²) in [6.45, 7) is 5.91. The number of rotatable bonds is 4. The molecule has 136 valence electrons. The number of benzene rings is 1. The van der Waals surface area contributed by atoms with Crippen molar-refractivity contribution in [2.75, 3.05) is 31.1 Å². The van der Waals surface area contributed by atoms with Gasteiger partial charge in [-0.05, 0) is 44.4 Å². The zero-order valence-electron chi connectivity index (χ0n) is 14.8. The summed E-state index contributed by atoms with van der Waals surface area (Å²) in [5, 5.41) is 0. The second kappa shape index (κ2) is 7.52. The molecular formula is C19H25FN2O3. The number of carbonyl (C=O) groups excluding carboxylic acids is 2. The Morgan fingerprint density at radius 3 is 2.88 bits per heavy atom. The summed E-state index contributed by atoms with van der Waals surface area (Å²) >= 11 is 0. The number of halogens is 1. The van der Waals surface area contributed by atoms with Gasteiger partial charge in [0, 0.05) is 32.7 Å².